The van der Waals surface area contributed by atoms with Crippen molar-refractivity contribution in [2.75, 3.05) is 6.61 Å². The van der Waals surface area contributed by atoms with Crippen LogP contribution in [-0.2, 0) is 4.74 Å². The van der Waals surface area contributed by atoms with E-state index in [9.17, 15) is 0 Å². The molecule has 1 aliphatic carbocycles. The van der Waals surface area contributed by atoms with Crippen molar-refractivity contribution >= 4 is 11.6 Å². The molecular formula is C17H24ClNO. The first-order valence-corrected chi connectivity index (χ1v) is 8.14. The third kappa shape index (κ3) is 2.61. The summed E-state index contributed by atoms with van der Waals surface area (Å²) in [7, 11) is 0. The number of ether oxygens (including phenoxy) is 1. The highest BCUT2D eigenvalue weighted by Gasteiger charge is 2.41. The molecule has 3 heteroatoms. The topological polar surface area (TPSA) is 35.2 Å². The monoisotopic (exact) mass is 293 g/mol. The Labute approximate surface area is 126 Å². The van der Waals surface area contributed by atoms with Crippen LogP contribution in [0.2, 0.25) is 5.02 Å². The molecular weight excluding hydrogens is 270 g/mol. The second-order valence-electron chi connectivity index (χ2n) is 6.47. The predicted molar refractivity (Wildman–Crippen MR) is 83.0 cm³/mol. The molecule has 1 spiro atoms. The summed E-state index contributed by atoms with van der Waals surface area (Å²) in [5.41, 5.74) is 9.05. The number of rotatable bonds is 2. The molecule has 2 fully saturated rings. The number of hydrogen-bond donors (Lipinski definition) is 1. The summed E-state index contributed by atoms with van der Waals surface area (Å²) in [5, 5.41) is 0.820. The van der Waals surface area contributed by atoms with Crippen LogP contribution in [0, 0.1) is 12.8 Å². The van der Waals surface area contributed by atoms with Gasteiger partial charge in [-0.15, -0.1) is 0 Å². The van der Waals surface area contributed by atoms with Gasteiger partial charge >= 0.3 is 0 Å². The maximum atomic E-state index is 6.58. The smallest absolute Gasteiger partial charge is 0.0685 e. The Bertz CT molecular complexity index is 482. The van der Waals surface area contributed by atoms with Gasteiger partial charge in [0.05, 0.1) is 5.60 Å². The van der Waals surface area contributed by atoms with Crippen molar-refractivity contribution in [3.05, 3.63) is 34.3 Å². The summed E-state index contributed by atoms with van der Waals surface area (Å²) >= 11 is 6.24. The highest BCUT2D eigenvalue weighted by atomic mass is 35.5. The van der Waals surface area contributed by atoms with E-state index in [-0.39, 0.29) is 11.6 Å². The van der Waals surface area contributed by atoms with Crippen LogP contribution in [0.5, 0.6) is 0 Å². The van der Waals surface area contributed by atoms with Gasteiger partial charge in [-0.1, -0.05) is 36.6 Å². The fourth-order valence-electron chi connectivity index (χ4n) is 3.98. The molecule has 2 unspecified atom stereocenters. The highest BCUT2D eigenvalue weighted by molar-refractivity contribution is 6.31. The quantitative estimate of drug-likeness (QED) is 0.878. The molecule has 20 heavy (non-hydrogen) atoms. The van der Waals surface area contributed by atoms with Gasteiger partial charge in [0.2, 0.25) is 0 Å². The zero-order chi connectivity index (χ0) is 14.2. The molecule has 1 saturated carbocycles. The second kappa shape index (κ2) is 5.67. The number of halogens is 1. The molecule has 1 saturated heterocycles. The summed E-state index contributed by atoms with van der Waals surface area (Å²) in [4.78, 5) is 0. The van der Waals surface area contributed by atoms with Crippen LogP contribution in [0.3, 0.4) is 0 Å². The van der Waals surface area contributed by atoms with Crippen molar-refractivity contribution in [3.8, 4) is 0 Å². The van der Waals surface area contributed by atoms with E-state index in [2.05, 4.69) is 13.0 Å². The maximum Gasteiger partial charge on any atom is 0.0685 e. The molecule has 110 valence electrons. The average Bonchev–Trinajstić information content (AvgIpc) is 2.89. The average molecular weight is 294 g/mol. The third-order valence-corrected chi connectivity index (χ3v) is 5.63. The van der Waals surface area contributed by atoms with Crippen LogP contribution in [-0.4, -0.2) is 12.2 Å². The van der Waals surface area contributed by atoms with Gasteiger partial charge in [-0.25, -0.2) is 0 Å². The van der Waals surface area contributed by atoms with E-state index in [0.29, 0.717) is 5.92 Å². The Morgan fingerprint density at radius 1 is 1.35 bits per heavy atom. The normalized spacial score (nSPS) is 26.9. The van der Waals surface area contributed by atoms with E-state index in [0.717, 1.165) is 30.0 Å². The molecule has 1 aromatic rings. The van der Waals surface area contributed by atoms with Crippen molar-refractivity contribution in [3.63, 3.8) is 0 Å². The van der Waals surface area contributed by atoms with Crippen molar-refractivity contribution in [1.82, 2.24) is 0 Å². The molecule has 0 aromatic heterocycles. The van der Waals surface area contributed by atoms with Gasteiger partial charge in [0.25, 0.3) is 0 Å². The number of nitrogens with two attached hydrogens (primary N) is 1. The summed E-state index contributed by atoms with van der Waals surface area (Å²) in [6.45, 7) is 2.93. The van der Waals surface area contributed by atoms with Crippen LogP contribution in [0.4, 0.5) is 0 Å². The molecule has 1 aliphatic heterocycles. The second-order valence-corrected chi connectivity index (χ2v) is 6.88. The van der Waals surface area contributed by atoms with Crippen LogP contribution in [0.1, 0.15) is 55.7 Å². The van der Waals surface area contributed by atoms with E-state index in [1.165, 1.54) is 31.2 Å². The first-order valence-electron chi connectivity index (χ1n) is 7.76. The van der Waals surface area contributed by atoms with Crippen molar-refractivity contribution in [1.29, 1.82) is 0 Å². The lowest BCUT2D eigenvalue weighted by Crippen LogP contribution is -2.40. The molecule has 1 heterocycles. The fraction of sp³-hybridized carbons (Fsp3) is 0.647. The van der Waals surface area contributed by atoms with E-state index in [4.69, 9.17) is 22.1 Å². The van der Waals surface area contributed by atoms with E-state index < -0.39 is 0 Å². The predicted octanol–water partition coefficient (Wildman–Crippen LogP) is 4.39. The third-order valence-electron chi connectivity index (χ3n) is 5.22. The molecule has 2 nitrogen and oxygen atoms in total. The lowest BCUT2D eigenvalue weighted by molar-refractivity contribution is -0.0964. The fourth-order valence-corrected chi connectivity index (χ4v) is 4.16. The van der Waals surface area contributed by atoms with Crippen LogP contribution in [0.25, 0.3) is 0 Å². The van der Waals surface area contributed by atoms with Crippen molar-refractivity contribution < 1.29 is 4.74 Å². The van der Waals surface area contributed by atoms with Gasteiger partial charge < -0.3 is 10.5 Å². The Balaban J connectivity index is 1.79. The zero-order valence-electron chi connectivity index (χ0n) is 12.2. The molecule has 0 radical (unpaired) electrons. The zero-order valence-corrected chi connectivity index (χ0v) is 13.0. The van der Waals surface area contributed by atoms with E-state index >= 15 is 0 Å². The van der Waals surface area contributed by atoms with Gasteiger partial charge in [-0.05, 0) is 55.7 Å². The number of benzene rings is 1. The molecule has 2 aliphatic rings. The van der Waals surface area contributed by atoms with Gasteiger partial charge in [0, 0.05) is 17.7 Å². The number of hydrogen-bond acceptors (Lipinski definition) is 2. The minimum atomic E-state index is 0.0788. The first-order chi connectivity index (χ1) is 9.61. The Morgan fingerprint density at radius 2 is 2.10 bits per heavy atom. The van der Waals surface area contributed by atoms with E-state index in [1.807, 2.05) is 12.1 Å². The summed E-state index contributed by atoms with van der Waals surface area (Å²) < 4.78 is 6.12. The largest absolute Gasteiger partial charge is 0.375 e. The van der Waals surface area contributed by atoms with Crippen LogP contribution in [0.15, 0.2) is 18.2 Å². The van der Waals surface area contributed by atoms with Crippen molar-refractivity contribution in [2.45, 2.75) is 57.1 Å². The van der Waals surface area contributed by atoms with Gasteiger partial charge in [0.15, 0.2) is 0 Å². The molecule has 0 amide bonds. The van der Waals surface area contributed by atoms with Gasteiger partial charge in [-0.3, -0.25) is 0 Å². The Kier molecular flexibility index (Phi) is 4.07. The summed E-state index contributed by atoms with van der Waals surface area (Å²) in [5.74, 6) is 0.513. The minimum absolute atomic E-state index is 0.0788. The van der Waals surface area contributed by atoms with E-state index in [1.54, 1.807) is 0 Å². The summed E-state index contributed by atoms with van der Waals surface area (Å²) in [6, 6.07) is 6.16. The standard InChI is InChI=1S/C17H24ClNO/c1-12-14(5-4-6-15(12)18)16(19)13-7-10-20-17(11-13)8-2-3-9-17/h4-6,13,16H,2-3,7-11,19H2,1H3. The van der Waals surface area contributed by atoms with Crippen LogP contribution < -0.4 is 5.73 Å². The Morgan fingerprint density at radius 3 is 2.85 bits per heavy atom. The molecule has 1 aromatic carbocycles. The first kappa shape index (κ1) is 14.4. The van der Waals surface area contributed by atoms with Crippen molar-refractivity contribution in [2.24, 2.45) is 11.7 Å². The molecule has 3 rings (SSSR count). The minimum Gasteiger partial charge on any atom is -0.375 e. The molecule has 2 N–H and O–H groups in total. The van der Waals surface area contributed by atoms with Crippen LogP contribution >= 0.6 is 11.6 Å². The lowest BCUT2D eigenvalue weighted by atomic mass is 9.78. The molecule has 2 atom stereocenters. The highest BCUT2D eigenvalue weighted by Crippen LogP contribution is 2.45. The van der Waals surface area contributed by atoms with Gasteiger partial charge in [-0.2, -0.15) is 0 Å². The SMILES string of the molecule is Cc1c(Cl)cccc1C(N)C1CCOC2(CCCC2)C1. The summed E-state index contributed by atoms with van der Waals surface area (Å²) in [6.07, 6.45) is 7.21. The Hall–Kier alpha value is -0.570. The maximum absolute atomic E-state index is 6.58. The molecule has 0 bridgehead atoms. The lowest BCUT2D eigenvalue weighted by Gasteiger charge is -2.40. The van der Waals surface area contributed by atoms with Gasteiger partial charge in [0.1, 0.15) is 0 Å².